The molecule has 0 aromatic heterocycles. The van der Waals surface area contributed by atoms with E-state index in [1.54, 1.807) is 0 Å². The standard InChI is InChI=1S/C22H29FN2O4/c1-5-21(2,3)15-8-10-22(11-9-15)19(27)25(20(28)24-22)13-17(26)14-6-7-18(29-4)16(23)12-14/h6-7,12,15H,5,8-11,13H2,1-4H3,(H,24,28). The van der Waals surface area contributed by atoms with Crippen LogP contribution in [0.15, 0.2) is 18.2 Å². The molecule has 7 heteroatoms. The molecule has 1 aliphatic carbocycles. The van der Waals surface area contributed by atoms with Gasteiger partial charge in [0.15, 0.2) is 17.3 Å². The van der Waals surface area contributed by atoms with Crippen molar-refractivity contribution in [2.75, 3.05) is 13.7 Å². The first-order valence-electron chi connectivity index (χ1n) is 10.1. The van der Waals surface area contributed by atoms with Crippen LogP contribution in [0, 0.1) is 17.2 Å². The average Bonchev–Trinajstić information content (AvgIpc) is 2.92. The summed E-state index contributed by atoms with van der Waals surface area (Å²) in [7, 11) is 1.34. The molecule has 1 aliphatic heterocycles. The van der Waals surface area contributed by atoms with Crippen LogP contribution >= 0.6 is 0 Å². The molecule has 1 saturated carbocycles. The third-order valence-corrected chi connectivity index (χ3v) is 6.88. The Morgan fingerprint density at radius 2 is 1.97 bits per heavy atom. The summed E-state index contributed by atoms with van der Waals surface area (Å²) in [5.74, 6) is -0.975. The molecule has 2 fully saturated rings. The zero-order chi connectivity index (χ0) is 21.4. The van der Waals surface area contributed by atoms with E-state index in [4.69, 9.17) is 4.74 Å². The van der Waals surface area contributed by atoms with Gasteiger partial charge in [-0.25, -0.2) is 9.18 Å². The van der Waals surface area contributed by atoms with Gasteiger partial charge in [-0.05, 0) is 55.2 Å². The van der Waals surface area contributed by atoms with Gasteiger partial charge in [0, 0.05) is 5.56 Å². The summed E-state index contributed by atoms with van der Waals surface area (Å²) in [6, 6.07) is 3.29. The van der Waals surface area contributed by atoms with Gasteiger partial charge in [0.2, 0.25) is 0 Å². The Morgan fingerprint density at radius 1 is 1.31 bits per heavy atom. The van der Waals surface area contributed by atoms with E-state index in [0.29, 0.717) is 18.8 Å². The largest absolute Gasteiger partial charge is 0.494 e. The van der Waals surface area contributed by atoms with Crippen molar-refractivity contribution in [2.24, 2.45) is 11.3 Å². The van der Waals surface area contributed by atoms with Crippen molar-refractivity contribution < 1.29 is 23.5 Å². The number of ketones is 1. The summed E-state index contributed by atoms with van der Waals surface area (Å²) in [4.78, 5) is 39.0. The van der Waals surface area contributed by atoms with Gasteiger partial charge < -0.3 is 10.1 Å². The first kappa shape index (κ1) is 21.3. The lowest BCUT2D eigenvalue weighted by Gasteiger charge is -2.42. The maximum Gasteiger partial charge on any atom is 0.325 e. The van der Waals surface area contributed by atoms with Crippen LogP contribution in [0.3, 0.4) is 0 Å². The van der Waals surface area contributed by atoms with E-state index in [9.17, 15) is 18.8 Å². The summed E-state index contributed by atoms with van der Waals surface area (Å²) in [5, 5.41) is 2.84. The summed E-state index contributed by atoms with van der Waals surface area (Å²) in [6.45, 7) is 6.25. The minimum absolute atomic E-state index is 0.0299. The van der Waals surface area contributed by atoms with Crippen molar-refractivity contribution in [3.05, 3.63) is 29.6 Å². The Balaban J connectivity index is 1.70. The lowest BCUT2D eigenvalue weighted by Crippen LogP contribution is -2.51. The Morgan fingerprint density at radius 3 is 2.52 bits per heavy atom. The molecule has 1 spiro atoms. The van der Waals surface area contributed by atoms with E-state index >= 15 is 0 Å². The van der Waals surface area contributed by atoms with E-state index in [0.717, 1.165) is 30.2 Å². The second-order valence-corrected chi connectivity index (χ2v) is 8.79. The number of imide groups is 1. The van der Waals surface area contributed by atoms with Gasteiger partial charge in [-0.1, -0.05) is 27.2 Å². The normalized spacial score (nSPS) is 24.7. The van der Waals surface area contributed by atoms with Crippen LogP contribution in [0.5, 0.6) is 5.75 Å². The fourth-order valence-electron chi connectivity index (χ4n) is 4.41. The Kier molecular flexibility index (Phi) is 5.70. The Labute approximate surface area is 170 Å². The lowest BCUT2D eigenvalue weighted by molar-refractivity contribution is -0.132. The summed E-state index contributed by atoms with van der Waals surface area (Å²) in [5.41, 5.74) is -0.622. The van der Waals surface area contributed by atoms with Crippen molar-refractivity contribution in [3.8, 4) is 5.75 Å². The fraction of sp³-hybridized carbons (Fsp3) is 0.591. The lowest BCUT2D eigenvalue weighted by atomic mass is 9.65. The molecule has 3 amide bonds. The second kappa shape index (κ2) is 7.76. The number of hydrogen-bond acceptors (Lipinski definition) is 4. The van der Waals surface area contributed by atoms with Crippen molar-refractivity contribution >= 4 is 17.7 Å². The van der Waals surface area contributed by atoms with E-state index in [2.05, 4.69) is 26.1 Å². The molecule has 0 unspecified atom stereocenters. The predicted molar refractivity (Wildman–Crippen MR) is 106 cm³/mol. The molecule has 6 nitrogen and oxygen atoms in total. The van der Waals surface area contributed by atoms with Crippen LogP contribution in [0.1, 0.15) is 63.2 Å². The number of urea groups is 1. The summed E-state index contributed by atoms with van der Waals surface area (Å²) in [6.07, 6.45) is 3.93. The minimum Gasteiger partial charge on any atom is -0.494 e. The van der Waals surface area contributed by atoms with Gasteiger partial charge in [-0.2, -0.15) is 0 Å². The van der Waals surface area contributed by atoms with E-state index in [1.807, 2.05) is 0 Å². The number of carbonyl (C=O) groups is 3. The Hall–Kier alpha value is -2.44. The average molecular weight is 404 g/mol. The number of rotatable bonds is 6. The molecular formula is C22H29FN2O4. The molecule has 1 saturated heterocycles. The zero-order valence-electron chi connectivity index (χ0n) is 17.5. The molecule has 158 valence electrons. The van der Waals surface area contributed by atoms with E-state index in [1.165, 1.54) is 19.2 Å². The molecule has 1 N–H and O–H groups in total. The predicted octanol–water partition coefficient (Wildman–Crippen LogP) is 3.93. The molecule has 1 aromatic rings. The number of hydrogen-bond donors (Lipinski definition) is 1. The number of nitrogens with zero attached hydrogens (tertiary/aromatic N) is 1. The molecule has 1 heterocycles. The number of methoxy groups -OCH3 is 1. The van der Waals surface area contributed by atoms with Crippen LogP contribution in [-0.4, -0.2) is 41.8 Å². The molecule has 0 atom stereocenters. The number of amides is 3. The van der Waals surface area contributed by atoms with Crippen molar-refractivity contribution in [1.29, 1.82) is 0 Å². The first-order valence-corrected chi connectivity index (χ1v) is 10.1. The Bertz CT molecular complexity index is 828. The zero-order valence-corrected chi connectivity index (χ0v) is 17.5. The molecule has 29 heavy (non-hydrogen) atoms. The molecule has 1 aromatic carbocycles. The molecule has 3 rings (SSSR count). The number of carbonyl (C=O) groups excluding carboxylic acids is 3. The smallest absolute Gasteiger partial charge is 0.325 e. The van der Waals surface area contributed by atoms with Gasteiger partial charge in [0.1, 0.15) is 5.54 Å². The number of halogens is 1. The number of Topliss-reactive ketones (excluding diaryl/α,β-unsaturated/α-hetero) is 1. The van der Waals surface area contributed by atoms with Crippen LogP contribution in [0.25, 0.3) is 0 Å². The number of benzene rings is 1. The molecule has 0 bridgehead atoms. The quantitative estimate of drug-likeness (QED) is 0.576. The summed E-state index contributed by atoms with van der Waals surface area (Å²) >= 11 is 0. The third kappa shape index (κ3) is 3.87. The maximum atomic E-state index is 13.9. The highest BCUT2D eigenvalue weighted by Crippen LogP contribution is 2.45. The highest BCUT2D eigenvalue weighted by atomic mass is 19.1. The fourth-order valence-corrected chi connectivity index (χ4v) is 4.41. The topological polar surface area (TPSA) is 75.7 Å². The van der Waals surface area contributed by atoms with Gasteiger partial charge in [-0.15, -0.1) is 0 Å². The van der Waals surface area contributed by atoms with E-state index < -0.39 is 29.7 Å². The van der Waals surface area contributed by atoms with Crippen LogP contribution in [-0.2, 0) is 4.79 Å². The third-order valence-electron chi connectivity index (χ3n) is 6.88. The van der Waals surface area contributed by atoms with Gasteiger partial charge in [0.25, 0.3) is 5.91 Å². The molecule has 2 aliphatic rings. The van der Waals surface area contributed by atoms with Gasteiger partial charge >= 0.3 is 6.03 Å². The van der Waals surface area contributed by atoms with Crippen LogP contribution in [0.4, 0.5) is 9.18 Å². The summed E-state index contributed by atoms with van der Waals surface area (Å²) < 4.78 is 18.7. The van der Waals surface area contributed by atoms with Crippen LogP contribution < -0.4 is 10.1 Å². The van der Waals surface area contributed by atoms with Crippen LogP contribution in [0.2, 0.25) is 0 Å². The van der Waals surface area contributed by atoms with Crippen molar-refractivity contribution in [1.82, 2.24) is 10.2 Å². The second-order valence-electron chi connectivity index (χ2n) is 8.79. The number of nitrogens with one attached hydrogen (secondary N) is 1. The van der Waals surface area contributed by atoms with Crippen molar-refractivity contribution in [3.63, 3.8) is 0 Å². The first-order chi connectivity index (χ1) is 13.6. The highest BCUT2D eigenvalue weighted by Gasteiger charge is 2.53. The minimum atomic E-state index is -0.914. The van der Waals surface area contributed by atoms with Gasteiger partial charge in [-0.3, -0.25) is 14.5 Å². The van der Waals surface area contributed by atoms with Crippen molar-refractivity contribution in [2.45, 2.75) is 58.4 Å². The molecule has 0 radical (unpaired) electrons. The SMILES string of the molecule is CCC(C)(C)C1CCC2(CC1)NC(=O)N(CC(=O)c1ccc(OC)c(F)c1)C2=O. The molecular weight excluding hydrogens is 375 g/mol. The van der Waals surface area contributed by atoms with E-state index in [-0.39, 0.29) is 22.6 Å². The highest BCUT2D eigenvalue weighted by molar-refractivity contribution is 6.11. The monoisotopic (exact) mass is 404 g/mol. The number of ether oxygens (including phenoxy) is 1. The van der Waals surface area contributed by atoms with Gasteiger partial charge in [0.05, 0.1) is 13.7 Å². The maximum absolute atomic E-state index is 13.9.